The number of rotatable bonds is 8. The summed E-state index contributed by atoms with van der Waals surface area (Å²) in [6.07, 6.45) is 0.765. The van der Waals surface area contributed by atoms with Crippen LogP contribution in [-0.4, -0.2) is 58.5 Å². The Balaban J connectivity index is 1.42. The lowest BCUT2D eigenvalue weighted by atomic mass is 10.1. The zero-order valence-electron chi connectivity index (χ0n) is 20.0. The van der Waals surface area contributed by atoms with Crippen molar-refractivity contribution in [1.82, 2.24) is 19.9 Å². The smallest absolute Gasteiger partial charge is 0.407 e. The van der Waals surface area contributed by atoms with Crippen LogP contribution in [0.4, 0.5) is 4.79 Å². The molecule has 14 heteroatoms. The van der Waals surface area contributed by atoms with Crippen LogP contribution in [0.3, 0.4) is 0 Å². The topological polar surface area (TPSA) is 193 Å². The number of hydrogen-bond acceptors (Lipinski definition) is 8. The largest absolute Gasteiger partial charge is 0.467 e. The predicted octanol–water partition coefficient (Wildman–Crippen LogP) is 1.80. The molecule has 3 aromatic rings. The molecule has 0 aliphatic carbocycles. The molecule has 37 heavy (non-hydrogen) atoms. The molecule has 0 unspecified atom stereocenters. The van der Waals surface area contributed by atoms with Crippen LogP contribution in [0, 0.1) is 6.92 Å². The summed E-state index contributed by atoms with van der Waals surface area (Å²) >= 11 is 0. The zero-order chi connectivity index (χ0) is 26.5. The molecule has 0 spiro atoms. The molecule has 1 amide bonds. The van der Waals surface area contributed by atoms with Crippen molar-refractivity contribution in [3.63, 3.8) is 0 Å². The minimum Gasteiger partial charge on any atom is -0.467 e. The Morgan fingerprint density at radius 1 is 1.35 bits per heavy atom. The second-order valence-electron chi connectivity index (χ2n) is 8.50. The van der Waals surface area contributed by atoms with Crippen LogP contribution in [0.15, 0.2) is 51.4 Å². The Labute approximate surface area is 209 Å². The average Bonchev–Trinajstić information content (AvgIpc) is 3.48. The number of carbonyl (C=O) groups is 2. The van der Waals surface area contributed by atoms with E-state index in [4.69, 9.17) is 19.7 Å². The predicted molar refractivity (Wildman–Crippen MR) is 130 cm³/mol. The van der Waals surface area contributed by atoms with E-state index in [-0.39, 0.29) is 19.4 Å². The maximum Gasteiger partial charge on any atom is 0.407 e. The van der Waals surface area contributed by atoms with E-state index in [9.17, 15) is 19.2 Å². The first-order chi connectivity index (χ1) is 17.8. The van der Waals surface area contributed by atoms with Crippen LogP contribution in [0.25, 0.3) is 21.3 Å². The fourth-order valence-electron chi connectivity index (χ4n) is 4.22. The molecule has 1 saturated heterocycles. The number of ether oxygens (including phenoxy) is 3. The second-order valence-corrected chi connectivity index (χ2v) is 8.50. The van der Waals surface area contributed by atoms with Crippen molar-refractivity contribution in [3.05, 3.63) is 79.1 Å². The third kappa shape index (κ3) is 5.66. The number of aromatic nitrogens is 3. The number of nitrogens with zero attached hydrogens (tertiary/aromatic N) is 4. The van der Waals surface area contributed by atoms with Crippen molar-refractivity contribution >= 4 is 23.0 Å². The monoisotopic (exact) mass is 511 g/mol. The van der Waals surface area contributed by atoms with Crippen LogP contribution in [0.5, 0.6) is 0 Å². The number of hydrogen-bond donors (Lipinski definition) is 3. The normalized spacial score (nSPS) is 19.7. The number of amides is 1. The van der Waals surface area contributed by atoms with Crippen LogP contribution in [0.2, 0.25) is 0 Å². The van der Waals surface area contributed by atoms with Gasteiger partial charge in [0.2, 0.25) is 0 Å². The van der Waals surface area contributed by atoms with Gasteiger partial charge in [-0.1, -0.05) is 23.3 Å². The number of azide groups is 1. The first kappa shape index (κ1) is 25.5. The molecule has 1 aromatic carbocycles. The summed E-state index contributed by atoms with van der Waals surface area (Å²) in [5, 5.41) is 7.10. The lowest BCUT2D eigenvalue weighted by Gasteiger charge is -2.19. The number of fused-ring (bicyclic) bond motifs is 1. The highest BCUT2D eigenvalue weighted by atomic mass is 16.6. The van der Waals surface area contributed by atoms with Crippen molar-refractivity contribution < 1.29 is 23.8 Å². The summed E-state index contributed by atoms with van der Waals surface area (Å²) in [7, 11) is 1.22. The molecule has 4 atom stereocenters. The lowest BCUT2D eigenvalue weighted by Crippen LogP contribution is -2.44. The number of para-hydroxylation sites is 1. The van der Waals surface area contributed by atoms with Crippen LogP contribution in [-0.2, 0) is 25.4 Å². The lowest BCUT2D eigenvalue weighted by molar-refractivity contribution is -0.143. The average molecular weight is 511 g/mol. The molecule has 1 aliphatic rings. The Kier molecular flexibility index (Phi) is 7.60. The minimum atomic E-state index is -1.02. The number of nitrogens with one attached hydrogen (secondary N) is 3. The molecule has 0 saturated carbocycles. The SMILES string of the molecule is COC(=O)[C@H](Cc1c[nH]c2ccccc12)NC(=O)OC[C@H]1O[C@@H](n2cc(C)c(=O)[nH]c2=O)C[C@@H]1N=[N+]=[N-]. The van der Waals surface area contributed by atoms with Gasteiger partial charge in [-0.2, -0.15) is 0 Å². The van der Waals surface area contributed by atoms with E-state index >= 15 is 0 Å². The molecule has 2 aromatic heterocycles. The van der Waals surface area contributed by atoms with E-state index < -0.39 is 47.7 Å². The van der Waals surface area contributed by atoms with Crippen LogP contribution < -0.4 is 16.6 Å². The van der Waals surface area contributed by atoms with Gasteiger partial charge in [0.25, 0.3) is 5.56 Å². The molecular formula is C23H25N7O7. The van der Waals surface area contributed by atoms with E-state index in [2.05, 4.69) is 25.3 Å². The third-order valence-corrected chi connectivity index (χ3v) is 6.12. The summed E-state index contributed by atoms with van der Waals surface area (Å²) in [4.78, 5) is 56.9. The Hall–Kier alpha value is -4.55. The Bertz CT molecular complexity index is 1470. The van der Waals surface area contributed by atoms with Gasteiger partial charge in [-0.25, -0.2) is 14.4 Å². The summed E-state index contributed by atoms with van der Waals surface area (Å²) in [5.74, 6) is -0.654. The molecule has 3 N–H and O–H groups in total. The van der Waals surface area contributed by atoms with Crippen molar-refractivity contribution in [2.24, 2.45) is 5.11 Å². The van der Waals surface area contributed by atoms with Crippen molar-refractivity contribution in [3.8, 4) is 0 Å². The van der Waals surface area contributed by atoms with Crippen molar-refractivity contribution in [1.29, 1.82) is 0 Å². The summed E-state index contributed by atoms with van der Waals surface area (Å²) in [5.41, 5.74) is 9.72. The maximum atomic E-state index is 12.6. The molecule has 4 rings (SSSR count). The maximum absolute atomic E-state index is 12.6. The third-order valence-electron chi connectivity index (χ3n) is 6.12. The molecule has 0 radical (unpaired) electrons. The van der Waals surface area contributed by atoms with Gasteiger partial charge in [0, 0.05) is 46.6 Å². The Morgan fingerprint density at radius 2 is 2.14 bits per heavy atom. The molecule has 1 aliphatic heterocycles. The number of aromatic amines is 2. The van der Waals surface area contributed by atoms with E-state index in [0.717, 1.165) is 16.5 Å². The first-order valence-corrected chi connectivity index (χ1v) is 11.4. The van der Waals surface area contributed by atoms with Gasteiger partial charge in [-0.3, -0.25) is 14.3 Å². The van der Waals surface area contributed by atoms with E-state index in [1.54, 1.807) is 6.20 Å². The van der Waals surface area contributed by atoms with E-state index in [0.29, 0.717) is 5.56 Å². The van der Waals surface area contributed by atoms with Gasteiger partial charge in [0.05, 0.1) is 13.2 Å². The summed E-state index contributed by atoms with van der Waals surface area (Å²) in [6, 6.07) is 5.77. The molecule has 1 fully saturated rings. The van der Waals surface area contributed by atoms with Gasteiger partial charge < -0.3 is 24.5 Å². The number of aryl methyl sites for hydroxylation is 1. The second kappa shape index (κ2) is 11.0. The highest BCUT2D eigenvalue weighted by Gasteiger charge is 2.37. The summed E-state index contributed by atoms with van der Waals surface area (Å²) in [6.45, 7) is 1.22. The fraction of sp³-hybridized carbons (Fsp3) is 0.391. The molecule has 3 heterocycles. The Morgan fingerprint density at radius 3 is 2.89 bits per heavy atom. The number of methoxy groups -OCH3 is 1. The van der Waals surface area contributed by atoms with Crippen molar-refractivity contribution in [2.45, 2.75) is 44.2 Å². The highest BCUT2D eigenvalue weighted by Crippen LogP contribution is 2.30. The van der Waals surface area contributed by atoms with E-state index in [1.165, 1.54) is 24.8 Å². The molecule has 0 bridgehead atoms. The number of alkyl carbamates (subject to hydrolysis) is 1. The fourth-order valence-corrected chi connectivity index (χ4v) is 4.22. The van der Waals surface area contributed by atoms with Crippen LogP contribution >= 0.6 is 0 Å². The van der Waals surface area contributed by atoms with Gasteiger partial charge in [0.1, 0.15) is 25.0 Å². The first-order valence-electron chi connectivity index (χ1n) is 11.4. The van der Waals surface area contributed by atoms with Crippen molar-refractivity contribution in [2.75, 3.05) is 13.7 Å². The molecule has 14 nitrogen and oxygen atoms in total. The number of H-pyrrole nitrogens is 2. The number of esters is 1. The van der Waals surface area contributed by atoms with Gasteiger partial charge in [-0.15, -0.1) is 0 Å². The van der Waals surface area contributed by atoms with E-state index in [1.807, 2.05) is 24.3 Å². The van der Waals surface area contributed by atoms with Gasteiger partial charge in [-0.05, 0) is 24.1 Å². The standard InChI is InChI=1S/C23H25N7O7/c1-12-10-30(22(33)27-20(12)31)19-8-16(28-29-24)18(37-19)11-36-23(34)26-17(21(32)35-2)7-13-9-25-15-6-4-3-5-14(13)15/h3-6,9-10,16-19,25H,7-8,11H2,1-2H3,(H,26,34)(H,27,31,33)/t16-,17-,18+,19+/m0/s1. The van der Waals surface area contributed by atoms with Gasteiger partial charge >= 0.3 is 17.8 Å². The number of carbonyl (C=O) groups excluding carboxylic acids is 2. The molecular weight excluding hydrogens is 486 g/mol. The highest BCUT2D eigenvalue weighted by molar-refractivity contribution is 5.86. The number of benzene rings is 1. The van der Waals surface area contributed by atoms with Crippen LogP contribution in [0.1, 0.15) is 23.8 Å². The summed E-state index contributed by atoms with van der Waals surface area (Å²) < 4.78 is 17.1. The quantitative estimate of drug-likeness (QED) is 0.177. The minimum absolute atomic E-state index is 0.121. The zero-order valence-corrected chi connectivity index (χ0v) is 20.0. The molecule has 194 valence electrons. The van der Waals surface area contributed by atoms with Gasteiger partial charge in [0.15, 0.2) is 0 Å².